The fourth-order valence-electron chi connectivity index (χ4n) is 2.83. The van der Waals surface area contributed by atoms with Gasteiger partial charge in [0.1, 0.15) is 18.1 Å². The molecule has 1 heterocycles. The van der Waals surface area contributed by atoms with Gasteiger partial charge >= 0.3 is 0 Å². The number of benzene rings is 1. The fourth-order valence-corrected chi connectivity index (χ4v) is 2.83. The van der Waals surface area contributed by atoms with E-state index in [9.17, 15) is 9.90 Å². The molecule has 0 bridgehead atoms. The molecule has 4 nitrogen and oxygen atoms in total. The normalized spacial score (nSPS) is 29.2. The lowest BCUT2D eigenvalue weighted by atomic mass is 9.80. The molecule has 1 aliphatic carbocycles. The van der Waals surface area contributed by atoms with Crippen LogP contribution in [0.3, 0.4) is 0 Å². The third-order valence-electron chi connectivity index (χ3n) is 3.91. The maximum atomic E-state index is 12.4. The van der Waals surface area contributed by atoms with E-state index in [0.717, 1.165) is 5.56 Å². The Hall–Kier alpha value is -1.81. The standard InChI is InChI=1S/C16H18O4/c1-10-3-2-4-12(7-10)20-15-9-19-14-8-11(17)5-6-13(14)16(15)18/h2-4,7,9,11,13-14,17H,5-6,8H2,1H3. The van der Waals surface area contributed by atoms with Crippen molar-refractivity contribution >= 4 is 5.78 Å². The van der Waals surface area contributed by atoms with Crippen LogP contribution in [0.2, 0.25) is 0 Å². The van der Waals surface area contributed by atoms with E-state index in [0.29, 0.717) is 25.0 Å². The number of hydrogen-bond acceptors (Lipinski definition) is 4. The van der Waals surface area contributed by atoms with Gasteiger partial charge in [0.2, 0.25) is 11.5 Å². The Labute approximate surface area is 118 Å². The van der Waals surface area contributed by atoms with E-state index in [1.807, 2.05) is 31.2 Å². The molecule has 1 aliphatic heterocycles. The molecule has 1 N–H and O–H groups in total. The highest BCUT2D eigenvalue weighted by Crippen LogP contribution is 2.33. The molecule has 20 heavy (non-hydrogen) atoms. The average molecular weight is 274 g/mol. The number of aryl methyl sites for hydroxylation is 1. The molecule has 0 spiro atoms. The lowest BCUT2D eigenvalue weighted by molar-refractivity contribution is -0.132. The van der Waals surface area contributed by atoms with Gasteiger partial charge in [0, 0.05) is 6.42 Å². The van der Waals surface area contributed by atoms with E-state index < -0.39 is 0 Å². The molecule has 0 radical (unpaired) electrons. The van der Waals surface area contributed by atoms with Gasteiger partial charge in [-0.05, 0) is 37.5 Å². The molecule has 0 amide bonds. The van der Waals surface area contributed by atoms with Crippen LogP contribution in [-0.4, -0.2) is 23.1 Å². The van der Waals surface area contributed by atoms with E-state index in [1.165, 1.54) is 6.26 Å². The lowest BCUT2D eigenvalue weighted by Crippen LogP contribution is -2.41. The Kier molecular flexibility index (Phi) is 3.49. The monoisotopic (exact) mass is 274 g/mol. The number of aliphatic hydroxyl groups is 1. The average Bonchev–Trinajstić information content (AvgIpc) is 2.42. The molecular formula is C16H18O4. The smallest absolute Gasteiger partial charge is 0.207 e. The number of allylic oxidation sites excluding steroid dienone is 1. The van der Waals surface area contributed by atoms with Crippen LogP contribution in [0.4, 0.5) is 0 Å². The predicted octanol–water partition coefficient (Wildman–Crippen LogP) is 2.34. The Morgan fingerprint density at radius 3 is 3.00 bits per heavy atom. The van der Waals surface area contributed by atoms with Crippen molar-refractivity contribution in [1.82, 2.24) is 0 Å². The molecular weight excluding hydrogens is 256 g/mol. The number of hydrogen-bond donors (Lipinski definition) is 1. The van der Waals surface area contributed by atoms with Crippen LogP contribution in [0.1, 0.15) is 24.8 Å². The van der Waals surface area contributed by atoms with Gasteiger partial charge < -0.3 is 14.6 Å². The first-order valence-electron chi connectivity index (χ1n) is 6.96. The minimum absolute atomic E-state index is 0.0188. The van der Waals surface area contributed by atoms with Gasteiger partial charge in [-0.1, -0.05) is 12.1 Å². The van der Waals surface area contributed by atoms with Crippen molar-refractivity contribution in [2.45, 2.75) is 38.4 Å². The summed E-state index contributed by atoms with van der Waals surface area (Å²) in [6, 6.07) is 7.56. The summed E-state index contributed by atoms with van der Waals surface area (Å²) in [6.45, 7) is 1.97. The second kappa shape index (κ2) is 5.29. The largest absolute Gasteiger partial charge is 0.493 e. The maximum Gasteiger partial charge on any atom is 0.207 e. The second-order valence-corrected chi connectivity index (χ2v) is 5.51. The van der Waals surface area contributed by atoms with Crippen LogP contribution in [0.15, 0.2) is 36.3 Å². The van der Waals surface area contributed by atoms with Gasteiger partial charge in [0.25, 0.3) is 0 Å². The predicted molar refractivity (Wildman–Crippen MR) is 73.1 cm³/mol. The first-order chi connectivity index (χ1) is 9.63. The highest BCUT2D eigenvalue weighted by molar-refractivity contribution is 5.96. The molecule has 2 aliphatic rings. The zero-order valence-electron chi connectivity index (χ0n) is 11.4. The number of Topliss-reactive ketones (excluding diaryl/α,β-unsaturated/α-hetero) is 1. The summed E-state index contributed by atoms with van der Waals surface area (Å²) in [5.41, 5.74) is 1.07. The number of ether oxygens (including phenoxy) is 2. The van der Waals surface area contributed by atoms with E-state index in [1.54, 1.807) is 0 Å². The van der Waals surface area contributed by atoms with Gasteiger partial charge in [-0.25, -0.2) is 0 Å². The molecule has 4 heteroatoms. The third kappa shape index (κ3) is 2.56. The van der Waals surface area contributed by atoms with Crippen molar-refractivity contribution in [3.63, 3.8) is 0 Å². The van der Waals surface area contributed by atoms with Crippen LogP contribution in [0, 0.1) is 12.8 Å². The number of carbonyl (C=O) groups excluding carboxylic acids is 1. The highest BCUT2D eigenvalue weighted by Gasteiger charge is 2.40. The van der Waals surface area contributed by atoms with Gasteiger partial charge in [0.05, 0.1) is 12.0 Å². The summed E-state index contributed by atoms with van der Waals surface area (Å²) in [5, 5.41) is 9.62. The van der Waals surface area contributed by atoms with Crippen LogP contribution in [0.25, 0.3) is 0 Å². The summed E-state index contributed by atoms with van der Waals surface area (Å²) in [6.07, 6.45) is 2.63. The highest BCUT2D eigenvalue weighted by atomic mass is 16.5. The van der Waals surface area contributed by atoms with Gasteiger partial charge in [-0.15, -0.1) is 0 Å². The van der Waals surface area contributed by atoms with Crippen LogP contribution in [0.5, 0.6) is 5.75 Å². The topological polar surface area (TPSA) is 55.8 Å². The van der Waals surface area contributed by atoms with Crippen LogP contribution >= 0.6 is 0 Å². The third-order valence-corrected chi connectivity index (χ3v) is 3.91. The minimum atomic E-state index is -0.364. The molecule has 0 aromatic heterocycles. The first kappa shape index (κ1) is 13.2. The number of aliphatic hydroxyl groups excluding tert-OH is 1. The van der Waals surface area contributed by atoms with Crippen LogP contribution in [-0.2, 0) is 9.53 Å². The van der Waals surface area contributed by atoms with Crippen LogP contribution < -0.4 is 4.74 Å². The van der Waals surface area contributed by atoms with Crippen molar-refractivity contribution < 1.29 is 19.4 Å². The molecule has 3 unspecified atom stereocenters. The lowest BCUT2D eigenvalue weighted by Gasteiger charge is -2.35. The SMILES string of the molecule is Cc1cccc(OC2=COC3CC(O)CCC3C2=O)c1. The molecule has 1 saturated carbocycles. The Morgan fingerprint density at radius 2 is 2.20 bits per heavy atom. The zero-order chi connectivity index (χ0) is 14.1. The van der Waals surface area contributed by atoms with E-state index >= 15 is 0 Å². The number of ketones is 1. The van der Waals surface area contributed by atoms with Gasteiger partial charge in [-0.2, -0.15) is 0 Å². The van der Waals surface area contributed by atoms with Crippen molar-refractivity contribution in [1.29, 1.82) is 0 Å². The van der Waals surface area contributed by atoms with E-state index in [4.69, 9.17) is 9.47 Å². The quantitative estimate of drug-likeness (QED) is 0.899. The molecule has 3 rings (SSSR count). The van der Waals surface area contributed by atoms with Crippen molar-refractivity contribution in [3.8, 4) is 5.75 Å². The zero-order valence-corrected chi connectivity index (χ0v) is 11.4. The summed E-state index contributed by atoms with van der Waals surface area (Å²) >= 11 is 0. The molecule has 1 fully saturated rings. The minimum Gasteiger partial charge on any atom is -0.493 e. The van der Waals surface area contributed by atoms with Gasteiger partial charge in [0.15, 0.2) is 0 Å². The maximum absolute atomic E-state index is 12.4. The van der Waals surface area contributed by atoms with E-state index in [-0.39, 0.29) is 29.7 Å². The molecule has 106 valence electrons. The van der Waals surface area contributed by atoms with Crippen molar-refractivity contribution in [3.05, 3.63) is 41.9 Å². The molecule has 3 atom stereocenters. The molecule has 0 saturated heterocycles. The summed E-state index contributed by atoms with van der Waals surface area (Å²) in [7, 11) is 0. The van der Waals surface area contributed by atoms with Gasteiger partial charge in [-0.3, -0.25) is 4.79 Å². The number of rotatable bonds is 2. The number of fused-ring (bicyclic) bond motifs is 1. The number of carbonyl (C=O) groups is 1. The summed E-state index contributed by atoms with van der Waals surface area (Å²) in [5.74, 6) is 0.689. The molecule has 1 aromatic carbocycles. The van der Waals surface area contributed by atoms with Crippen molar-refractivity contribution in [2.24, 2.45) is 5.92 Å². The summed E-state index contributed by atoms with van der Waals surface area (Å²) < 4.78 is 11.2. The summed E-state index contributed by atoms with van der Waals surface area (Å²) in [4.78, 5) is 12.4. The second-order valence-electron chi connectivity index (χ2n) is 5.51. The van der Waals surface area contributed by atoms with E-state index in [2.05, 4.69) is 0 Å². The van der Waals surface area contributed by atoms with Crippen molar-refractivity contribution in [2.75, 3.05) is 0 Å². The molecule has 1 aromatic rings. The first-order valence-corrected chi connectivity index (χ1v) is 6.96. The Morgan fingerprint density at radius 1 is 1.35 bits per heavy atom. The Balaban J connectivity index is 1.76. The fraction of sp³-hybridized carbons (Fsp3) is 0.438. The Bertz CT molecular complexity index is 549.